The molecule has 4 aliphatic rings. The number of carbonyl (C=O) groups is 3. The second-order valence-electron chi connectivity index (χ2n) is 10.3. The minimum Gasteiger partial charge on any atom is -0.458 e. The highest BCUT2D eigenvalue weighted by molar-refractivity contribution is 6.01. The third-order valence-electron chi connectivity index (χ3n) is 8.84. The number of ketones is 2. The van der Waals surface area contributed by atoms with Gasteiger partial charge in [-0.15, -0.1) is 0 Å². The molecule has 2 N–H and O–H groups in total. The fraction of sp³-hybridized carbons (Fsp3) is 0.708. The SMILES string of the molecule is CC(=O)OCC(=O)[C@@]1(O)CCC2C3C[C@H](C)C4=CC(=O)C=C[C@]4(C)C3[C@@H](O)C[C@@]21C. The molecular weight excluding hydrogens is 384 g/mol. The molecule has 164 valence electrons. The van der Waals surface area contributed by atoms with Gasteiger partial charge in [-0.05, 0) is 55.6 Å². The molecule has 8 atom stereocenters. The Hall–Kier alpha value is -1.79. The van der Waals surface area contributed by atoms with Gasteiger partial charge in [-0.1, -0.05) is 32.4 Å². The number of Topliss-reactive ketones (excluding diaryl/α,β-unsaturated/α-hetero) is 1. The van der Waals surface area contributed by atoms with E-state index in [1.807, 2.05) is 13.0 Å². The van der Waals surface area contributed by atoms with Crippen molar-refractivity contribution in [1.29, 1.82) is 0 Å². The third-order valence-corrected chi connectivity index (χ3v) is 8.84. The highest BCUT2D eigenvalue weighted by Gasteiger charge is 2.68. The molecule has 6 nitrogen and oxygen atoms in total. The predicted molar refractivity (Wildman–Crippen MR) is 109 cm³/mol. The monoisotopic (exact) mass is 416 g/mol. The van der Waals surface area contributed by atoms with Crippen molar-refractivity contribution in [2.24, 2.45) is 34.5 Å². The molecule has 0 saturated heterocycles. The van der Waals surface area contributed by atoms with E-state index >= 15 is 0 Å². The van der Waals surface area contributed by atoms with Gasteiger partial charge < -0.3 is 14.9 Å². The van der Waals surface area contributed by atoms with E-state index in [0.29, 0.717) is 19.3 Å². The van der Waals surface area contributed by atoms with Crippen LogP contribution in [0, 0.1) is 34.5 Å². The number of rotatable bonds is 3. The van der Waals surface area contributed by atoms with Crippen LogP contribution in [0.5, 0.6) is 0 Å². The van der Waals surface area contributed by atoms with Gasteiger partial charge in [-0.25, -0.2) is 0 Å². The molecule has 0 aromatic heterocycles. The van der Waals surface area contributed by atoms with Crippen LogP contribution in [0.3, 0.4) is 0 Å². The van der Waals surface area contributed by atoms with Crippen molar-refractivity contribution in [3.63, 3.8) is 0 Å². The lowest BCUT2D eigenvalue weighted by Gasteiger charge is -2.60. The van der Waals surface area contributed by atoms with E-state index in [1.54, 1.807) is 12.2 Å². The van der Waals surface area contributed by atoms with Crippen LogP contribution >= 0.6 is 0 Å². The molecule has 0 amide bonds. The lowest BCUT2D eigenvalue weighted by atomic mass is 9.45. The first-order valence-corrected chi connectivity index (χ1v) is 11.0. The lowest BCUT2D eigenvalue weighted by Crippen LogP contribution is -2.62. The van der Waals surface area contributed by atoms with E-state index in [-0.39, 0.29) is 29.5 Å². The molecule has 3 unspecified atom stereocenters. The summed E-state index contributed by atoms with van der Waals surface area (Å²) in [5, 5.41) is 22.9. The minimum atomic E-state index is -1.61. The number of allylic oxidation sites excluding steroid dienone is 4. The highest BCUT2D eigenvalue weighted by atomic mass is 16.5. The second-order valence-corrected chi connectivity index (χ2v) is 10.3. The average molecular weight is 417 g/mol. The van der Waals surface area contributed by atoms with Crippen LogP contribution in [-0.2, 0) is 19.1 Å². The third kappa shape index (κ3) is 2.79. The number of aliphatic hydroxyl groups excluding tert-OH is 1. The molecule has 3 saturated carbocycles. The summed E-state index contributed by atoms with van der Waals surface area (Å²) < 4.78 is 4.89. The number of ether oxygens (including phenoxy) is 1. The lowest BCUT2D eigenvalue weighted by molar-refractivity contribution is -0.182. The minimum absolute atomic E-state index is 0.00535. The van der Waals surface area contributed by atoms with Crippen molar-refractivity contribution in [1.82, 2.24) is 0 Å². The average Bonchev–Trinajstić information content (AvgIpc) is 2.93. The smallest absolute Gasteiger partial charge is 0.303 e. The Bertz CT molecular complexity index is 858. The quantitative estimate of drug-likeness (QED) is 0.685. The van der Waals surface area contributed by atoms with E-state index in [4.69, 9.17) is 4.74 Å². The number of hydrogen-bond acceptors (Lipinski definition) is 6. The van der Waals surface area contributed by atoms with Crippen molar-refractivity contribution < 1.29 is 29.3 Å². The van der Waals surface area contributed by atoms with Crippen LogP contribution in [0.25, 0.3) is 0 Å². The molecule has 0 heterocycles. The molecule has 0 aromatic rings. The van der Waals surface area contributed by atoms with Crippen LogP contribution in [0.4, 0.5) is 0 Å². The van der Waals surface area contributed by atoms with Crippen molar-refractivity contribution in [3.8, 4) is 0 Å². The van der Waals surface area contributed by atoms with Gasteiger partial charge in [-0.3, -0.25) is 14.4 Å². The Morgan fingerprint density at radius 3 is 2.67 bits per heavy atom. The Balaban J connectivity index is 1.70. The zero-order valence-corrected chi connectivity index (χ0v) is 18.2. The van der Waals surface area contributed by atoms with Crippen LogP contribution < -0.4 is 0 Å². The number of hydrogen-bond donors (Lipinski definition) is 2. The van der Waals surface area contributed by atoms with Gasteiger partial charge in [-0.2, -0.15) is 0 Å². The van der Waals surface area contributed by atoms with E-state index in [9.17, 15) is 24.6 Å². The molecule has 4 rings (SSSR count). The summed E-state index contributed by atoms with van der Waals surface area (Å²) in [6.07, 6.45) is 6.71. The Labute approximate surface area is 177 Å². The van der Waals surface area contributed by atoms with Crippen LogP contribution in [0.2, 0.25) is 0 Å². The molecule has 4 aliphatic carbocycles. The maximum Gasteiger partial charge on any atom is 0.303 e. The van der Waals surface area contributed by atoms with Gasteiger partial charge in [0.25, 0.3) is 0 Å². The molecular formula is C24H32O6. The largest absolute Gasteiger partial charge is 0.458 e. The summed E-state index contributed by atoms with van der Waals surface area (Å²) in [7, 11) is 0. The molecule has 0 aromatic carbocycles. The van der Waals surface area contributed by atoms with Crippen molar-refractivity contribution in [3.05, 3.63) is 23.8 Å². The van der Waals surface area contributed by atoms with Gasteiger partial charge in [0.15, 0.2) is 12.4 Å². The standard InChI is InChI=1S/C24H32O6/c1-13-9-16-17-6-8-24(29,20(28)12-30-14(2)25)23(17,4)11-19(27)21(16)22(3)7-5-15(26)10-18(13)22/h5,7,10,13,16-17,19,21,27,29H,6,8-9,11-12H2,1-4H3/t13-,16?,17?,19-,21?,22-,23-,24-/m0/s1. The number of aliphatic hydroxyl groups is 2. The number of carbonyl (C=O) groups excluding carboxylic acids is 3. The van der Waals surface area contributed by atoms with Gasteiger partial charge in [0.05, 0.1) is 6.10 Å². The topological polar surface area (TPSA) is 101 Å². The van der Waals surface area contributed by atoms with Gasteiger partial charge in [0.1, 0.15) is 5.60 Å². The second kappa shape index (κ2) is 6.86. The van der Waals surface area contributed by atoms with E-state index in [2.05, 4.69) is 13.8 Å². The fourth-order valence-electron chi connectivity index (χ4n) is 7.50. The van der Waals surface area contributed by atoms with Crippen LogP contribution in [0.15, 0.2) is 23.8 Å². The summed E-state index contributed by atoms with van der Waals surface area (Å²) in [5.41, 5.74) is -1.72. The summed E-state index contributed by atoms with van der Waals surface area (Å²) in [5.74, 6) is -0.712. The normalized spacial score (nSPS) is 47.1. The molecule has 6 heteroatoms. The summed E-state index contributed by atoms with van der Waals surface area (Å²) in [6.45, 7) is 6.94. The van der Waals surface area contributed by atoms with Crippen molar-refractivity contribution >= 4 is 17.5 Å². The van der Waals surface area contributed by atoms with Gasteiger partial charge in [0.2, 0.25) is 5.78 Å². The first-order chi connectivity index (χ1) is 13.9. The summed E-state index contributed by atoms with van der Waals surface area (Å²) >= 11 is 0. The molecule has 30 heavy (non-hydrogen) atoms. The Morgan fingerprint density at radius 1 is 1.30 bits per heavy atom. The fourth-order valence-corrected chi connectivity index (χ4v) is 7.50. The molecule has 0 spiro atoms. The van der Waals surface area contributed by atoms with Crippen molar-refractivity contribution in [2.45, 2.75) is 65.1 Å². The molecule has 0 radical (unpaired) electrons. The van der Waals surface area contributed by atoms with E-state index in [1.165, 1.54) is 6.92 Å². The zero-order valence-electron chi connectivity index (χ0n) is 18.2. The summed E-state index contributed by atoms with van der Waals surface area (Å²) in [6, 6.07) is 0. The molecule has 0 aliphatic heterocycles. The van der Waals surface area contributed by atoms with Gasteiger partial charge in [0, 0.05) is 23.7 Å². The highest BCUT2D eigenvalue weighted by Crippen LogP contribution is 2.67. The van der Waals surface area contributed by atoms with Gasteiger partial charge >= 0.3 is 5.97 Å². The molecule has 0 bridgehead atoms. The van der Waals surface area contributed by atoms with Crippen LogP contribution in [0.1, 0.15) is 53.4 Å². The summed E-state index contributed by atoms with van der Waals surface area (Å²) in [4.78, 5) is 36.1. The predicted octanol–water partition coefficient (Wildman–Crippen LogP) is 2.37. The zero-order chi connectivity index (χ0) is 22.1. The first-order valence-electron chi connectivity index (χ1n) is 11.0. The molecule has 3 fully saturated rings. The number of fused-ring (bicyclic) bond motifs is 5. The first kappa shape index (κ1) is 21.4. The number of esters is 1. The van der Waals surface area contributed by atoms with Crippen molar-refractivity contribution in [2.75, 3.05) is 6.61 Å². The maximum absolute atomic E-state index is 12.9. The van der Waals surface area contributed by atoms with E-state index < -0.39 is 40.9 Å². The Kier molecular flexibility index (Phi) is 4.90. The Morgan fingerprint density at radius 2 is 2.00 bits per heavy atom. The van der Waals surface area contributed by atoms with Crippen LogP contribution in [-0.4, -0.2) is 46.1 Å². The maximum atomic E-state index is 12.9. The van der Waals surface area contributed by atoms with E-state index in [0.717, 1.165) is 12.0 Å².